The molecule has 6 nitrogen and oxygen atoms in total. The van der Waals surface area contributed by atoms with Gasteiger partial charge in [-0.25, -0.2) is 26.9 Å². The van der Waals surface area contributed by atoms with Crippen molar-refractivity contribution in [3.8, 4) is 5.69 Å². The van der Waals surface area contributed by atoms with Gasteiger partial charge in [-0.05, 0) is 36.8 Å². The zero-order chi connectivity index (χ0) is 18.9. The molecule has 0 bridgehead atoms. The Labute approximate surface area is 149 Å². The smallest absolute Gasteiger partial charge is 0.223 e. The largest absolute Gasteiger partial charge is 0.249 e. The van der Waals surface area contributed by atoms with E-state index in [2.05, 4.69) is 10.1 Å². The molecule has 1 aromatic heterocycles. The molecule has 0 fully saturated rings. The number of rotatable bonds is 5. The van der Waals surface area contributed by atoms with Gasteiger partial charge in [0, 0.05) is 13.1 Å². The van der Waals surface area contributed by atoms with Gasteiger partial charge >= 0.3 is 0 Å². The van der Waals surface area contributed by atoms with E-state index in [1.807, 2.05) is 0 Å². The Morgan fingerprint density at radius 3 is 2.23 bits per heavy atom. The Morgan fingerprint density at radius 1 is 1.08 bits per heavy atom. The van der Waals surface area contributed by atoms with Gasteiger partial charge in [0.05, 0.1) is 5.69 Å². The van der Waals surface area contributed by atoms with Crippen LogP contribution in [0.15, 0.2) is 60.0 Å². The minimum absolute atomic E-state index is 0.635. The van der Waals surface area contributed by atoms with Gasteiger partial charge in [0.15, 0.2) is 4.90 Å². The second kappa shape index (κ2) is 6.93. The van der Waals surface area contributed by atoms with E-state index < -0.39 is 32.6 Å². The minimum Gasteiger partial charge on any atom is -0.223 e. The van der Waals surface area contributed by atoms with E-state index in [-0.39, 0.29) is 0 Å². The molecule has 136 valence electrons. The highest BCUT2D eigenvalue weighted by molar-refractivity contribution is 7.89. The van der Waals surface area contributed by atoms with Crippen LogP contribution in [-0.4, -0.2) is 34.5 Å². The van der Waals surface area contributed by atoms with Crippen molar-refractivity contribution in [2.75, 3.05) is 7.05 Å². The molecule has 0 saturated carbocycles. The summed E-state index contributed by atoms with van der Waals surface area (Å²) in [4.78, 5) is 2.91. The number of nitrogens with zero attached hydrogens (tertiary/aromatic N) is 4. The maximum Gasteiger partial charge on any atom is 0.249 e. The van der Waals surface area contributed by atoms with Crippen molar-refractivity contribution in [3.05, 3.63) is 72.3 Å². The van der Waals surface area contributed by atoms with E-state index >= 15 is 0 Å². The topological polar surface area (TPSA) is 68.1 Å². The first-order valence-corrected chi connectivity index (χ1v) is 9.13. The Kier molecular flexibility index (Phi) is 4.84. The van der Waals surface area contributed by atoms with E-state index in [1.165, 1.54) is 19.7 Å². The van der Waals surface area contributed by atoms with E-state index in [1.54, 1.807) is 35.9 Å². The van der Waals surface area contributed by atoms with Crippen LogP contribution in [0.1, 0.15) is 18.5 Å². The highest BCUT2D eigenvalue weighted by Crippen LogP contribution is 2.29. The summed E-state index contributed by atoms with van der Waals surface area (Å²) in [6.07, 6.45) is 2.94. The summed E-state index contributed by atoms with van der Waals surface area (Å²) in [6.45, 7) is 1.64. The number of hydrogen-bond donors (Lipinski definition) is 0. The Balaban J connectivity index is 1.90. The summed E-state index contributed by atoms with van der Waals surface area (Å²) >= 11 is 0. The molecule has 0 amide bonds. The monoisotopic (exact) mass is 378 g/mol. The number of halogens is 2. The summed E-state index contributed by atoms with van der Waals surface area (Å²) in [5, 5.41) is 4.01. The zero-order valence-electron chi connectivity index (χ0n) is 14.0. The molecule has 26 heavy (non-hydrogen) atoms. The van der Waals surface area contributed by atoms with Crippen LogP contribution in [0.25, 0.3) is 5.69 Å². The quantitative estimate of drug-likeness (QED) is 0.685. The molecule has 0 unspecified atom stereocenters. The van der Waals surface area contributed by atoms with Gasteiger partial charge in [-0.1, -0.05) is 18.2 Å². The molecule has 0 spiro atoms. The molecule has 1 heterocycles. The van der Waals surface area contributed by atoms with E-state index in [0.717, 1.165) is 28.2 Å². The van der Waals surface area contributed by atoms with E-state index in [4.69, 9.17) is 0 Å². The summed E-state index contributed by atoms with van der Waals surface area (Å²) in [5.74, 6) is -2.24. The third kappa shape index (κ3) is 3.23. The maximum absolute atomic E-state index is 13.9. The van der Waals surface area contributed by atoms with Crippen molar-refractivity contribution < 1.29 is 17.2 Å². The molecule has 3 aromatic rings. The van der Waals surface area contributed by atoms with Crippen molar-refractivity contribution in [2.24, 2.45) is 0 Å². The Morgan fingerprint density at radius 2 is 1.69 bits per heavy atom. The first-order chi connectivity index (χ1) is 12.3. The van der Waals surface area contributed by atoms with E-state index in [9.17, 15) is 17.2 Å². The lowest BCUT2D eigenvalue weighted by molar-refractivity contribution is 0.390. The molecular weight excluding hydrogens is 362 g/mol. The van der Waals surface area contributed by atoms with Gasteiger partial charge in [-0.2, -0.15) is 9.40 Å². The van der Waals surface area contributed by atoms with Gasteiger partial charge < -0.3 is 0 Å². The highest BCUT2D eigenvalue weighted by atomic mass is 32.2. The zero-order valence-corrected chi connectivity index (χ0v) is 14.9. The first kappa shape index (κ1) is 18.2. The van der Waals surface area contributed by atoms with Crippen LogP contribution in [0.2, 0.25) is 0 Å². The highest BCUT2D eigenvalue weighted by Gasteiger charge is 2.31. The molecule has 0 saturated heterocycles. The standard InChI is InChI=1S/C17H16F2N4O2S/c1-12(13-6-8-14(9-7-13)23-11-20-10-21-23)22(2)26(24,25)17-15(18)4-3-5-16(17)19/h3-12H,1-2H3/t12-/m1/s1. The lowest BCUT2D eigenvalue weighted by atomic mass is 10.1. The molecule has 0 aliphatic carbocycles. The van der Waals surface area contributed by atoms with Crippen LogP contribution in [0.4, 0.5) is 8.78 Å². The average molecular weight is 378 g/mol. The molecule has 0 radical (unpaired) electrons. The number of hydrogen-bond acceptors (Lipinski definition) is 4. The average Bonchev–Trinajstić information content (AvgIpc) is 3.15. The molecule has 1 atom stereocenters. The van der Waals surface area contributed by atoms with Crippen LogP contribution in [0, 0.1) is 11.6 Å². The van der Waals surface area contributed by atoms with Crippen molar-refractivity contribution in [3.63, 3.8) is 0 Å². The SMILES string of the molecule is C[C@H](c1ccc(-n2cncn2)cc1)N(C)S(=O)(=O)c1c(F)cccc1F. The van der Waals surface area contributed by atoms with Gasteiger partial charge in [0.25, 0.3) is 0 Å². The van der Waals surface area contributed by atoms with Gasteiger partial charge in [0.2, 0.25) is 10.0 Å². The van der Waals surface area contributed by atoms with Gasteiger partial charge in [-0.15, -0.1) is 0 Å². The first-order valence-electron chi connectivity index (χ1n) is 7.69. The predicted molar refractivity (Wildman–Crippen MR) is 91.1 cm³/mol. The summed E-state index contributed by atoms with van der Waals surface area (Å²) in [5.41, 5.74) is 1.42. The Hall–Kier alpha value is -2.65. The molecule has 3 rings (SSSR count). The molecule has 2 aromatic carbocycles. The summed E-state index contributed by atoms with van der Waals surface area (Å²) in [6, 6.07) is 9.29. The molecule has 0 N–H and O–H groups in total. The van der Waals surface area contributed by atoms with Crippen molar-refractivity contribution in [1.29, 1.82) is 0 Å². The predicted octanol–water partition coefficient (Wildman–Crippen LogP) is 2.93. The van der Waals surface area contributed by atoms with Crippen molar-refractivity contribution in [1.82, 2.24) is 19.1 Å². The molecule has 0 aliphatic heterocycles. The van der Waals surface area contributed by atoms with Gasteiger partial charge in [0.1, 0.15) is 24.3 Å². The van der Waals surface area contributed by atoms with Crippen LogP contribution < -0.4 is 0 Å². The molecule has 9 heteroatoms. The van der Waals surface area contributed by atoms with Crippen LogP contribution >= 0.6 is 0 Å². The van der Waals surface area contributed by atoms with Crippen LogP contribution in [0.5, 0.6) is 0 Å². The normalized spacial score (nSPS) is 13.1. The molecular formula is C17H16F2N4O2S. The lowest BCUT2D eigenvalue weighted by Gasteiger charge is -2.25. The van der Waals surface area contributed by atoms with E-state index in [0.29, 0.717) is 5.56 Å². The molecule has 0 aliphatic rings. The maximum atomic E-state index is 13.9. The minimum atomic E-state index is -4.35. The Bertz CT molecular complexity index is 986. The summed E-state index contributed by atoms with van der Waals surface area (Å²) < 4.78 is 55.7. The number of aromatic nitrogens is 3. The van der Waals surface area contributed by atoms with Crippen molar-refractivity contribution in [2.45, 2.75) is 17.9 Å². The van der Waals surface area contributed by atoms with Crippen molar-refractivity contribution >= 4 is 10.0 Å². The fourth-order valence-corrected chi connectivity index (χ4v) is 3.99. The fraction of sp³-hybridized carbons (Fsp3) is 0.176. The fourth-order valence-electron chi connectivity index (χ4n) is 2.54. The number of sulfonamides is 1. The van der Waals surface area contributed by atoms with Crippen LogP contribution in [-0.2, 0) is 10.0 Å². The second-order valence-corrected chi connectivity index (χ2v) is 7.61. The van der Waals surface area contributed by atoms with Gasteiger partial charge in [-0.3, -0.25) is 0 Å². The lowest BCUT2D eigenvalue weighted by Crippen LogP contribution is -2.31. The van der Waals surface area contributed by atoms with Crippen LogP contribution in [0.3, 0.4) is 0 Å². The second-order valence-electron chi connectivity index (χ2n) is 5.68. The third-order valence-electron chi connectivity index (χ3n) is 4.16. The third-order valence-corrected chi connectivity index (χ3v) is 6.14. The number of benzene rings is 2. The summed E-state index contributed by atoms with van der Waals surface area (Å²) in [7, 11) is -3.06.